The molecule has 3 aromatic rings. The van der Waals surface area contributed by atoms with Crippen LogP contribution in [-0.2, 0) is 34.9 Å². The smallest absolute Gasteiger partial charge is 0.323 e. The van der Waals surface area contributed by atoms with Crippen LogP contribution in [0.5, 0.6) is 0 Å². The van der Waals surface area contributed by atoms with Crippen LogP contribution in [0.4, 0.5) is 17.6 Å². The maximum Gasteiger partial charge on any atom is 0.323 e. The molecule has 1 aromatic heterocycles. The van der Waals surface area contributed by atoms with Crippen LogP contribution < -0.4 is 0 Å². The first kappa shape index (κ1) is 20.7. The summed E-state index contributed by atoms with van der Waals surface area (Å²) in [7, 11) is 0. The highest BCUT2D eigenvalue weighted by molar-refractivity contribution is 7.91. The zero-order chi connectivity index (χ0) is 21.8. The zero-order valence-electron chi connectivity index (χ0n) is 15.8. The van der Waals surface area contributed by atoms with Crippen molar-refractivity contribution >= 4 is 28.0 Å². The summed E-state index contributed by atoms with van der Waals surface area (Å²) in [6, 6.07) is 5.76. The van der Waals surface area contributed by atoms with Crippen molar-refractivity contribution in [1.82, 2.24) is 4.57 Å². The van der Waals surface area contributed by atoms with E-state index in [4.69, 9.17) is 0 Å². The average Bonchev–Trinajstić information content (AvgIpc) is 2.91. The van der Waals surface area contributed by atoms with Gasteiger partial charge in [-0.05, 0) is 53.5 Å². The zero-order valence-corrected chi connectivity index (χ0v) is 16.7. The maximum atomic E-state index is 14.8. The molecule has 2 aromatic carbocycles. The summed E-state index contributed by atoms with van der Waals surface area (Å²) in [5.74, 6) is -5.89. The van der Waals surface area contributed by atoms with E-state index in [0.29, 0.717) is 22.2 Å². The predicted octanol–water partition coefficient (Wildman–Crippen LogP) is 4.51. The maximum absolute atomic E-state index is 14.8. The molecule has 9 heteroatoms. The van der Waals surface area contributed by atoms with Crippen LogP contribution in [0.1, 0.15) is 28.8 Å². The minimum Gasteiger partial charge on any atom is -0.611 e. The van der Waals surface area contributed by atoms with Crippen LogP contribution in [0.15, 0.2) is 35.2 Å². The predicted molar refractivity (Wildman–Crippen MR) is 103 cm³/mol. The molecule has 0 saturated heterocycles. The summed E-state index contributed by atoms with van der Waals surface area (Å²) < 4.78 is 70.9. The third-order valence-corrected chi connectivity index (χ3v) is 6.87. The largest absolute Gasteiger partial charge is 0.611 e. The monoisotopic (exact) mass is 439 g/mol. The van der Waals surface area contributed by atoms with Crippen molar-refractivity contribution in [1.29, 1.82) is 0 Å². The van der Waals surface area contributed by atoms with E-state index in [2.05, 4.69) is 0 Å². The molecule has 0 fully saturated rings. The van der Waals surface area contributed by atoms with Gasteiger partial charge >= 0.3 is 5.97 Å². The number of hydrogen-bond donors (Lipinski definition) is 1. The van der Waals surface area contributed by atoms with E-state index in [1.165, 1.54) is 22.8 Å². The summed E-state index contributed by atoms with van der Waals surface area (Å²) >= 11 is -1.70. The number of alkyl halides is 2. The average molecular weight is 439 g/mol. The Labute approximate surface area is 172 Å². The van der Waals surface area contributed by atoms with Gasteiger partial charge in [0.1, 0.15) is 23.9 Å². The Hall–Kier alpha value is -2.52. The number of aliphatic carboxylic acids is 1. The number of carbonyl (C=O) groups is 1. The molecule has 0 spiro atoms. The molecule has 1 aliphatic rings. The first-order valence-electron chi connectivity index (χ1n) is 9.16. The van der Waals surface area contributed by atoms with Crippen LogP contribution in [0, 0.1) is 18.6 Å². The van der Waals surface area contributed by atoms with Gasteiger partial charge in [0.25, 0.3) is 5.92 Å². The number of carboxylic acid groups (broad SMARTS) is 1. The van der Waals surface area contributed by atoms with Crippen molar-refractivity contribution in [2.75, 3.05) is 5.75 Å². The number of aromatic nitrogens is 1. The van der Waals surface area contributed by atoms with Crippen LogP contribution >= 0.6 is 0 Å². The van der Waals surface area contributed by atoms with Gasteiger partial charge in [-0.15, -0.1) is 0 Å². The molecule has 4 nitrogen and oxygen atoms in total. The molecule has 0 bridgehead atoms. The topological polar surface area (TPSA) is 65.3 Å². The quantitative estimate of drug-likeness (QED) is 0.481. The molecule has 2 heterocycles. The number of fused-ring (bicyclic) bond motifs is 2. The van der Waals surface area contributed by atoms with Crippen LogP contribution in [0.3, 0.4) is 0 Å². The van der Waals surface area contributed by atoms with E-state index in [0.717, 1.165) is 12.1 Å². The van der Waals surface area contributed by atoms with E-state index in [1.807, 2.05) is 0 Å². The minimum atomic E-state index is -3.22. The van der Waals surface area contributed by atoms with Crippen molar-refractivity contribution < 1.29 is 32.0 Å². The van der Waals surface area contributed by atoms with Crippen molar-refractivity contribution in [3.05, 3.63) is 64.4 Å². The van der Waals surface area contributed by atoms with Crippen LogP contribution in [-0.4, -0.2) is 25.9 Å². The minimum absolute atomic E-state index is 0.0472. The number of halogens is 4. The van der Waals surface area contributed by atoms with Gasteiger partial charge in [-0.1, -0.05) is 0 Å². The molecule has 1 atom stereocenters. The van der Waals surface area contributed by atoms with Gasteiger partial charge in [-0.3, -0.25) is 4.79 Å². The van der Waals surface area contributed by atoms with Crippen molar-refractivity contribution in [2.45, 2.75) is 37.1 Å². The second-order valence-corrected chi connectivity index (χ2v) is 8.87. The molecule has 4 rings (SSSR count). The lowest BCUT2D eigenvalue weighted by Gasteiger charge is -2.27. The second kappa shape index (κ2) is 7.31. The van der Waals surface area contributed by atoms with Gasteiger partial charge in [0.15, 0.2) is 4.90 Å². The molecule has 158 valence electrons. The Kier molecular flexibility index (Phi) is 5.06. The van der Waals surface area contributed by atoms with Crippen LogP contribution in [0.2, 0.25) is 0 Å². The fourth-order valence-electron chi connectivity index (χ4n) is 3.95. The Balaban J connectivity index is 1.87. The van der Waals surface area contributed by atoms with E-state index in [9.17, 15) is 32.0 Å². The highest BCUT2D eigenvalue weighted by atomic mass is 32.2. The number of benzene rings is 2. The third-order valence-electron chi connectivity index (χ3n) is 5.47. The molecule has 0 saturated carbocycles. The van der Waals surface area contributed by atoms with E-state index in [1.54, 1.807) is 6.92 Å². The van der Waals surface area contributed by atoms with E-state index in [-0.39, 0.29) is 29.2 Å². The highest BCUT2D eigenvalue weighted by Crippen LogP contribution is 2.42. The molecule has 1 aliphatic heterocycles. The SMILES string of the molecule is Cc1c(Cc2cc3c(cc2F)[S+]([O-])CCC3(F)F)c2cc(F)ccc2n1CC(=O)O. The third kappa shape index (κ3) is 3.45. The molecular formula is C21H17F4NO3S. The van der Waals surface area contributed by atoms with Gasteiger partial charge in [0, 0.05) is 29.1 Å². The van der Waals surface area contributed by atoms with Gasteiger partial charge in [-0.2, -0.15) is 0 Å². The van der Waals surface area contributed by atoms with E-state index < -0.39 is 46.7 Å². The molecule has 0 aliphatic carbocycles. The number of hydrogen-bond acceptors (Lipinski definition) is 2. The second-order valence-electron chi connectivity index (χ2n) is 7.33. The fraction of sp³-hybridized carbons (Fsp3) is 0.286. The molecular weight excluding hydrogens is 422 g/mol. The Bertz CT molecular complexity index is 1180. The molecule has 0 radical (unpaired) electrons. The van der Waals surface area contributed by atoms with Gasteiger partial charge in [0.05, 0.1) is 12.0 Å². The van der Waals surface area contributed by atoms with Gasteiger partial charge < -0.3 is 14.2 Å². The summed E-state index contributed by atoms with van der Waals surface area (Å²) in [6.07, 6.45) is -0.722. The first-order valence-corrected chi connectivity index (χ1v) is 10.5. The molecule has 30 heavy (non-hydrogen) atoms. The Morgan fingerprint density at radius 3 is 2.70 bits per heavy atom. The lowest BCUT2D eigenvalue weighted by atomic mass is 9.97. The Morgan fingerprint density at radius 2 is 2.00 bits per heavy atom. The summed E-state index contributed by atoms with van der Waals surface area (Å²) in [4.78, 5) is 11.0. The standard InChI is InChI=1S/C21H17F4NO3S/c1-11-14(15-8-13(22)2-3-18(15)26(11)10-20(27)28)6-12-7-16-19(9-17(12)23)30(29)5-4-21(16,24)25/h2-3,7-9H,4-6,10H2,1H3,(H,27,28). The molecule has 0 amide bonds. The van der Waals surface area contributed by atoms with Crippen LogP contribution in [0.25, 0.3) is 10.9 Å². The number of carboxylic acids is 1. The lowest BCUT2D eigenvalue weighted by Crippen LogP contribution is -2.28. The van der Waals surface area contributed by atoms with Gasteiger partial charge in [-0.25, -0.2) is 17.6 Å². The van der Waals surface area contributed by atoms with Gasteiger partial charge in [0.2, 0.25) is 0 Å². The van der Waals surface area contributed by atoms with Crippen molar-refractivity contribution in [2.24, 2.45) is 0 Å². The summed E-state index contributed by atoms with van der Waals surface area (Å²) in [5, 5.41) is 9.59. The van der Waals surface area contributed by atoms with Crippen molar-refractivity contribution in [3.8, 4) is 0 Å². The lowest BCUT2D eigenvalue weighted by molar-refractivity contribution is -0.137. The summed E-state index contributed by atoms with van der Waals surface area (Å²) in [5.41, 5.74) is 0.877. The summed E-state index contributed by atoms with van der Waals surface area (Å²) in [6.45, 7) is 1.24. The fourth-order valence-corrected chi connectivity index (χ4v) is 5.30. The molecule has 1 unspecified atom stereocenters. The Morgan fingerprint density at radius 1 is 1.27 bits per heavy atom. The number of rotatable bonds is 4. The first-order chi connectivity index (χ1) is 14.1. The number of nitrogens with zero attached hydrogens (tertiary/aromatic N) is 1. The molecule has 1 N–H and O–H groups in total. The normalized spacial score (nSPS) is 17.9. The van der Waals surface area contributed by atoms with E-state index >= 15 is 0 Å². The van der Waals surface area contributed by atoms with Crippen molar-refractivity contribution in [3.63, 3.8) is 0 Å². The highest BCUT2D eigenvalue weighted by Gasteiger charge is 2.44.